The zero-order valence-corrected chi connectivity index (χ0v) is 21.7. The summed E-state index contributed by atoms with van der Waals surface area (Å²) in [4.78, 5) is 42.1. The number of H-pyrrole nitrogens is 1. The third kappa shape index (κ3) is 6.07. The Bertz CT molecular complexity index is 1190. The summed E-state index contributed by atoms with van der Waals surface area (Å²) in [5.41, 5.74) is 2.31. The van der Waals surface area contributed by atoms with Crippen LogP contribution in [0.1, 0.15) is 35.2 Å². The summed E-state index contributed by atoms with van der Waals surface area (Å²) in [5.74, 6) is -0.750. The standard InChI is InChI=1S/C25H25Br2N3O4/c26-20-12-18-19(14-28-22(18)13-21(20)27)25(33)34-15-24(32)30-10-8-17(9-11-30)29-23(31)7-6-16-4-2-1-3-5-16/h1-5,12-14,17,28H,6-11,15H2,(H,29,31). The van der Waals surface area contributed by atoms with Crippen LogP contribution in [0.25, 0.3) is 10.9 Å². The smallest absolute Gasteiger partial charge is 0.340 e. The van der Waals surface area contributed by atoms with Gasteiger partial charge in [-0.15, -0.1) is 0 Å². The van der Waals surface area contributed by atoms with Crippen LogP contribution in [0.5, 0.6) is 0 Å². The molecule has 0 bridgehead atoms. The molecule has 1 aliphatic heterocycles. The van der Waals surface area contributed by atoms with Crippen LogP contribution < -0.4 is 5.32 Å². The zero-order chi connectivity index (χ0) is 24.1. The molecular formula is C25H25Br2N3O4. The molecule has 2 N–H and O–H groups in total. The van der Waals surface area contributed by atoms with E-state index in [9.17, 15) is 14.4 Å². The van der Waals surface area contributed by atoms with Crippen molar-refractivity contribution in [2.75, 3.05) is 19.7 Å². The van der Waals surface area contributed by atoms with Crippen molar-refractivity contribution in [1.29, 1.82) is 0 Å². The molecule has 7 nitrogen and oxygen atoms in total. The van der Waals surface area contributed by atoms with Gasteiger partial charge in [0.1, 0.15) is 0 Å². The number of ether oxygens (including phenoxy) is 1. The van der Waals surface area contributed by atoms with Crippen molar-refractivity contribution in [3.05, 3.63) is 68.7 Å². The quantitative estimate of drug-likeness (QED) is 0.394. The number of aromatic amines is 1. The highest BCUT2D eigenvalue weighted by Crippen LogP contribution is 2.30. The van der Waals surface area contributed by atoms with Gasteiger partial charge in [0.05, 0.1) is 5.56 Å². The summed E-state index contributed by atoms with van der Waals surface area (Å²) < 4.78 is 6.99. The molecule has 178 valence electrons. The number of aromatic nitrogens is 1. The van der Waals surface area contributed by atoms with E-state index < -0.39 is 5.97 Å². The Balaban J connectivity index is 1.20. The number of aryl methyl sites for hydroxylation is 1. The highest BCUT2D eigenvalue weighted by molar-refractivity contribution is 9.13. The second kappa shape index (κ2) is 11.2. The fourth-order valence-electron chi connectivity index (χ4n) is 4.06. The number of carbonyl (C=O) groups excluding carboxylic acids is 3. The predicted molar refractivity (Wildman–Crippen MR) is 136 cm³/mol. The van der Waals surface area contributed by atoms with Gasteiger partial charge >= 0.3 is 5.97 Å². The van der Waals surface area contributed by atoms with E-state index in [2.05, 4.69) is 42.2 Å². The normalized spacial score (nSPS) is 14.2. The van der Waals surface area contributed by atoms with Crippen molar-refractivity contribution in [2.24, 2.45) is 0 Å². The lowest BCUT2D eigenvalue weighted by atomic mass is 10.0. The lowest BCUT2D eigenvalue weighted by Gasteiger charge is -2.32. The molecule has 0 spiro atoms. The molecule has 1 saturated heterocycles. The van der Waals surface area contributed by atoms with Gasteiger partial charge in [0.2, 0.25) is 5.91 Å². The van der Waals surface area contributed by atoms with E-state index in [0.29, 0.717) is 44.3 Å². The van der Waals surface area contributed by atoms with E-state index in [4.69, 9.17) is 4.74 Å². The van der Waals surface area contributed by atoms with Gasteiger partial charge in [0.15, 0.2) is 6.61 Å². The molecule has 1 aromatic heterocycles. The number of amides is 2. The summed E-state index contributed by atoms with van der Waals surface area (Å²) in [6, 6.07) is 13.7. The average Bonchev–Trinajstić information content (AvgIpc) is 3.25. The molecule has 9 heteroatoms. The van der Waals surface area contributed by atoms with Crippen molar-refractivity contribution >= 4 is 60.5 Å². The molecule has 0 unspecified atom stereocenters. The van der Waals surface area contributed by atoms with Gasteiger partial charge in [-0.25, -0.2) is 4.79 Å². The first kappa shape index (κ1) is 24.5. The fraction of sp³-hybridized carbons (Fsp3) is 0.320. The molecule has 2 aromatic carbocycles. The number of likely N-dealkylation sites (tertiary alicyclic amines) is 1. The lowest BCUT2D eigenvalue weighted by molar-refractivity contribution is -0.135. The van der Waals surface area contributed by atoms with Crippen LogP contribution in [0.2, 0.25) is 0 Å². The van der Waals surface area contributed by atoms with Gasteiger partial charge in [0, 0.05) is 51.6 Å². The SMILES string of the molecule is O=C(CCc1ccccc1)NC1CCN(C(=O)COC(=O)c2c[nH]c3cc(Br)c(Br)cc23)CC1. The van der Waals surface area contributed by atoms with E-state index in [1.165, 1.54) is 0 Å². The Hall–Kier alpha value is -2.65. The Morgan fingerprint density at radius 2 is 1.76 bits per heavy atom. The van der Waals surface area contributed by atoms with Gasteiger partial charge in [-0.05, 0) is 68.8 Å². The number of rotatable bonds is 7. The number of carbonyl (C=O) groups is 3. The minimum Gasteiger partial charge on any atom is -0.452 e. The number of hydrogen-bond donors (Lipinski definition) is 2. The van der Waals surface area contributed by atoms with Crippen LogP contribution in [0.4, 0.5) is 0 Å². The highest BCUT2D eigenvalue weighted by Gasteiger charge is 2.25. The molecule has 4 rings (SSSR count). The number of fused-ring (bicyclic) bond motifs is 1. The molecule has 3 aromatic rings. The Kier molecular flexibility index (Phi) is 8.05. The maximum atomic E-state index is 12.6. The van der Waals surface area contributed by atoms with Crippen LogP contribution in [-0.2, 0) is 20.7 Å². The van der Waals surface area contributed by atoms with Gasteiger partial charge in [-0.2, -0.15) is 0 Å². The summed E-state index contributed by atoms with van der Waals surface area (Å²) in [7, 11) is 0. The van der Waals surface area contributed by atoms with Crippen molar-refractivity contribution in [2.45, 2.75) is 31.7 Å². The number of halogens is 2. The van der Waals surface area contributed by atoms with Crippen LogP contribution in [0, 0.1) is 0 Å². The number of esters is 1. The van der Waals surface area contributed by atoms with Crippen LogP contribution in [0.3, 0.4) is 0 Å². The molecule has 0 atom stereocenters. The Labute approximate surface area is 214 Å². The predicted octanol–water partition coefficient (Wildman–Crippen LogP) is 4.59. The Morgan fingerprint density at radius 3 is 2.50 bits per heavy atom. The van der Waals surface area contributed by atoms with E-state index in [1.54, 1.807) is 11.1 Å². The molecular weight excluding hydrogens is 566 g/mol. The maximum absolute atomic E-state index is 12.6. The monoisotopic (exact) mass is 589 g/mol. The first-order valence-electron chi connectivity index (χ1n) is 11.1. The summed E-state index contributed by atoms with van der Waals surface area (Å²) in [5, 5.41) is 3.79. The van der Waals surface area contributed by atoms with Crippen LogP contribution >= 0.6 is 31.9 Å². The van der Waals surface area contributed by atoms with Gasteiger partial charge in [0.25, 0.3) is 5.91 Å². The number of nitrogens with zero attached hydrogens (tertiary/aromatic N) is 1. The molecule has 2 amide bonds. The van der Waals surface area contributed by atoms with Crippen molar-refractivity contribution in [1.82, 2.24) is 15.2 Å². The lowest BCUT2D eigenvalue weighted by Crippen LogP contribution is -2.47. The average molecular weight is 591 g/mol. The van der Waals surface area contributed by atoms with Crippen LogP contribution in [0.15, 0.2) is 57.6 Å². The largest absolute Gasteiger partial charge is 0.452 e. The summed E-state index contributed by atoms with van der Waals surface area (Å²) in [6.07, 6.45) is 4.10. The molecule has 2 heterocycles. The van der Waals surface area contributed by atoms with Crippen molar-refractivity contribution in [3.63, 3.8) is 0 Å². The Morgan fingerprint density at radius 1 is 1.06 bits per heavy atom. The number of benzene rings is 2. The molecule has 0 aliphatic carbocycles. The molecule has 0 saturated carbocycles. The molecule has 0 radical (unpaired) electrons. The van der Waals surface area contributed by atoms with E-state index in [1.807, 2.05) is 42.5 Å². The number of piperidine rings is 1. The van der Waals surface area contributed by atoms with E-state index in [-0.39, 0.29) is 24.5 Å². The number of nitrogens with one attached hydrogen (secondary N) is 2. The van der Waals surface area contributed by atoms with E-state index >= 15 is 0 Å². The van der Waals surface area contributed by atoms with Crippen LogP contribution in [-0.4, -0.2) is 53.4 Å². The first-order valence-corrected chi connectivity index (χ1v) is 12.7. The zero-order valence-electron chi connectivity index (χ0n) is 18.5. The molecule has 34 heavy (non-hydrogen) atoms. The van der Waals surface area contributed by atoms with Gasteiger partial charge in [-0.3, -0.25) is 9.59 Å². The minimum atomic E-state index is -0.547. The van der Waals surface area contributed by atoms with E-state index in [0.717, 1.165) is 25.4 Å². The fourth-order valence-corrected chi connectivity index (χ4v) is 4.74. The third-order valence-corrected chi connectivity index (χ3v) is 7.81. The van der Waals surface area contributed by atoms with Crippen molar-refractivity contribution < 1.29 is 19.1 Å². The minimum absolute atomic E-state index is 0.0277. The number of hydrogen-bond acceptors (Lipinski definition) is 4. The van der Waals surface area contributed by atoms with Gasteiger partial charge < -0.3 is 19.9 Å². The summed E-state index contributed by atoms with van der Waals surface area (Å²) >= 11 is 6.87. The second-order valence-electron chi connectivity index (χ2n) is 8.30. The summed E-state index contributed by atoms with van der Waals surface area (Å²) in [6.45, 7) is 0.736. The third-order valence-electron chi connectivity index (χ3n) is 5.97. The second-order valence-corrected chi connectivity index (χ2v) is 10.0. The van der Waals surface area contributed by atoms with Crippen molar-refractivity contribution in [3.8, 4) is 0 Å². The molecule has 1 aliphatic rings. The highest BCUT2D eigenvalue weighted by atomic mass is 79.9. The topological polar surface area (TPSA) is 91.5 Å². The maximum Gasteiger partial charge on any atom is 0.340 e. The first-order chi connectivity index (χ1) is 16.4. The molecule has 1 fully saturated rings. The van der Waals surface area contributed by atoms with Gasteiger partial charge in [-0.1, -0.05) is 30.3 Å².